The van der Waals surface area contributed by atoms with Gasteiger partial charge in [-0.1, -0.05) is 44.2 Å². The Morgan fingerprint density at radius 2 is 2.00 bits per heavy atom. The molecule has 0 bridgehead atoms. The number of carbonyl (C=O) groups excluding carboxylic acids is 1. The van der Waals surface area contributed by atoms with Crippen molar-refractivity contribution in [3.63, 3.8) is 0 Å². The van der Waals surface area contributed by atoms with Crippen LogP contribution >= 0.6 is 0 Å². The number of rotatable bonds is 6. The van der Waals surface area contributed by atoms with Crippen LogP contribution in [0, 0.1) is 11.8 Å². The molecule has 0 saturated carbocycles. The van der Waals surface area contributed by atoms with Crippen LogP contribution in [0.5, 0.6) is 0 Å². The van der Waals surface area contributed by atoms with Crippen LogP contribution in [0.15, 0.2) is 30.3 Å². The Bertz CT molecular complexity index is 530. The SMILES string of the molecule is CC(C)[C@@H](NC(=O)[C@H]1CCCN(Cc2ccccc2)C1)C(=O)O. The molecule has 2 N–H and O–H groups in total. The lowest BCUT2D eigenvalue weighted by Crippen LogP contribution is -2.49. The molecule has 1 aliphatic rings. The molecular formula is C18H26N2O3. The van der Waals surface area contributed by atoms with Crippen LogP contribution in [0.3, 0.4) is 0 Å². The van der Waals surface area contributed by atoms with Crippen molar-refractivity contribution >= 4 is 11.9 Å². The smallest absolute Gasteiger partial charge is 0.326 e. The Morgan fingerprint density at radius 1 is 1.30 bits per heavy atom. The van der Waals surface area contributed by atoms with Gasteiger partial charge in [0.25, 0.3) is 0 Å². The first-order chi connectivity index (χ1) is 11.0. The molecule has 1 aliphatic heterocycles. The molecule has 2 rings (SSSR count). The quantitative estimate of drug-likeness (QED) is 0.843. The minimum Gasteiger partial charge on any atom is -0.480 e. The van der Waals surface area contributed by atoms with E-state index in [1.165, 1.54) is 5.56 Å². The van der Waals surface area contributed by atoms with Crippen molar-refractivity contribution in [2.45, 2.75) is 39.3 Å². The lowest BCUT2D eigenvalue weighted by molar-refractivity contribution is -0.144. The molecule has 1 aromatic rings. The van der Waals surface area contributed by atoms with E-state index in [1.54, 1.807) is 0 Å². The molecule has 0 aromatic heterocycles. The maximum atomic E-state index is 12.4. The summed E-state index contributed by atoms with van der Waals surface area (Å²) in [6.07, 6.45) is 1.78. The second kappa shape index (κ2) is 8.11. The third-order valence-corrected chi connectivity index (χ3v) is 4.36. The summed E-state index contributed by atoms with van der Waals surface area (Å²) in [6, 6.07) is 9.39. The number of hydrogen-bond donors (Lipinski definition) is 2. The monoisotopic (exact) mass is 318 g/mol. The Kier molecular flexibility index (Phi) is 6.16. The standard InChI is InChI=1S/C18H26N2O3/c1-13(2)16(18(22)23)19-17(21)15-9-6-10-20(12-15)11-14-7-4-3-5-8-14/h3-5,7-8,13,15-16H,6,9-12H2,1-2H3,(H,19,21)(H,22,23)/t15-,16+/m0/s1. The van der Waals surface area contributed by atoms with Crippen molar-refractivity contribution in [2.24, 2.45) is 11.8 Å². The molecule has 1 heterocycles. The van der Waals surface area contributed by atoms with Gasteiger partial charge in [-0.15, -0.1) is 0 Å². The van der Waals surface area contributed by atoms with Crippen LogP contribution in [0.25, 0.3) is 0 Å². The zero-order chi connectivity index (χ0) is 16.8. The van der Waals surface area contributed by atoms with Crippen LogP contribution < -0.4 is 5.32 Å². The molecule has 1 aromatic carbocycles. The van der Waals surface area contributed by atoms with Gasteiger partial charge in [0.15, 0.2) is 0 Å². The molecule has 0 unspecified atom stereocenters. The van der Waals surface area contributed by atoms with Crippen LogP contribution in [-0.4, -0.2) is 41.0 Å². The summed E-state index contributed by atoms with van der Waals surface area (Å²) < 4.78 is 0. The van der Waals surface area contributed by atoms with E-state index in [0.29, 0.717) is 6.54 Å². The first kappa shape index (κ1) is 17.5. The predicted molar refractivity (Wildman–Crippen MR) is 88.8 cm³/mol. The van der Waals surface area contributed by atoms with E-state index in [-0.39, 0.29) is 17.7 Å². The molecule has 0 aliphatic carbocycles. The first-order valence-corrected chi connectivity index (χ1v) is 8.27. The molecule has 0 radical (unpaired) electrons. The number of amides is 1. The fourth-order valence-electron chi connectivity index (χ4n) is 3.04. The molecule has 5 nitrogen and oxygen atoms in total. The highest BCUT2D eigenvalue weighted by Crippen LogP contribution is 2.19. The predicted octanol–water partition coefficient (Wildman–Crippen LogP) is 2.12. The van der Waals surface area contributed by atoms with Gasteiger partial charge in [0.1, 0.15) is 6.04 Å². The van der Waals surface area contributed by atoms with Gasteiger partial charge in [-0.25, -0.2) is 4.79 Å². The molecule has 1 amide bonds. The Morgan fingerprint density at radius 3 is 2.61 bits per heavy atom. The number of nitrogens with one attached hydrogen (secondary N) is 1. The topological polar surface area (TPSA) is 69.6 Å². The van der Waals surface area contributed by atoms with Gasteiger partial charge in [0, 0.05) is 13.1 Å². The van der Waals surface area contributed by atoms with E-state index in [9.17, 15) is 14.7 Å². The number of likely N-dealkylation sites (tertiary alicyclic amines) is 1. The summed E-state index contributed by atoms with van der Waals surface area (Å²) in [7, 11) is 0. The molecule has 1 fully saturated rings. The highest BCUT2D eigenvalue weighted by molar-refractivity contribution is 5.85. The van der Waals surface area contributed by atoms with Gasteiger partial charge < -0.3 is 10.4 Å². The van der Waals surface area contributed by atoms with Gasteiger partial charge in [-0.2, -0.15) is 0 Å². The van der Waals surface area contributed by atoms with E-state index in [0.717, 1.165) is 25.9 Å². The van der Waals surface area contributed by atoms with Crippen LogP contribution in [0.1, 0.15) is 32.3 Å². The van der Waals surface area contributed by atoms with E-state index in [1.807, 2.05) is 32.0 Å². The zero-order valence-corrected chi connectivity index (χ0v) is 13.9. The van der Waals surface area contributed by atoms with Crippen molar-refractivity contribution < 1.29 is 14.7 Å². The zero-order valence-electron chi connectivity index (χ0n) is 13.9. The van der Waals surface area contributed by atoms with E-state index >= 15 is 0 Å². The molecule has 23 heavy (non-hydrogen) atoms. The Labute approximate surface area is 137 Å². The largest absolute Gasteiger partial charge is 0.480 e. The minimum absolute atomic E-state index is 0.125. The van der Waals surface area contributed by atoms with Crippen molar-refractivity contribution in [1.82, 2.24) is 10.2 Å². The summed E-state index contributed by atoms with van der Waals surface area (Å²) in [5.41, 5.74) is 1.24. The van der Waals surface area contributed by atoms with Gasteiger partial charge in [-0.3, -0.25) is 9.69 Å². The average molecular weight is 318 g/mol. The number of piperidine rings is 1. The number of nitrogens with zero attached hydrogens (tertiary/aromatic N) is 1. The first-order valence-electron chi connectivity index (χ1n) is 8.27. The van der Waals surface area contributed by atoms with E-state index in [4.69, 9.17) is 0 Å². The Balaban J connectivity index is 1.92. The maximum absolute atomic E-state index is 12.4. The number of benzene rings is 1. The fraction of sp³-hybridized carbons (Fsp3) is 0.556. The molecular weight excluding hydrogens is 292 g/mol. The molecule has 1 saturated heterocycles. The number of hydrogen-bond acceptors (Lipinski definition) is 3. The summed E-state index contributed by atoms with van der Waals surface area (Å²) >= 11 is 0. The highest BCUT2D eigenvalue weighted by atomic mass is 16.4. The number of aliphatic carboxylic acids is 1. The Hall–Kier alpha value is -1.88. The van der Waals surface area contributed by atoms with Crippen molar-refractivity contribution in [2.75, 3.05) is 13.1 Å². The van der Waals surface area contributed by atoms with Crippen LogP contribution in [-0.2, 0) is 16.1 Å². The summed E-state index contributed by atoms with van der Waals surface area (Å²) in [5.74, 6) is -1.36. The summed E-state index contributed by atoms with van der Waals surface area (Å²) in [5, 5.41) is 11.9. The van der Waals surface area contributed by atoms with E-state index in [2.05, 4.69) is 22.3 Å². The van der Waals surface area contributed by atoms with Gasteiger partial charge in [0.2, 0.25) is 5.91 Å². The second-order valence-corrected chi connectivity index (χ2v) is 6.63. The lowest BCUT2D eigenvalue weighted by atomic mass is 9.95. The maximum Gasteiger partial charge on any atom is 0.326 e. The third kappa shape index (κ3) is 5.06. The number of carbonyl (C=O) groups is 2. The average Bonchev–Trinajstić information content (AvgIpc) is 2.53. The molecule has 2 atom stereocenters. The lowest BCUT2D eigenvalue weighted by Gasteiger charge is -2.33. The molecule has 126 valence electrons. The van der Waals surface area contributed by atoms with E-state index < -0.39 is 12.0 Å². The van der Waals surface area contributed by atoms with Crippen LogP contribution in [0.2, 0.25) is 0 Å². The van der Waals surface area contributed by atoms with Gasteiger partial charge in [-0.05, 0) is 30.9 Å². The minimum atomic E-state index is -0.967. The summed E-state index contributed by atoms with van der Waals surface area (Å²) in [6.45, 7) is 6.11. The van der Waals surface area contributed by atoms with Crippen LogP contribution in [0.4, 0.5) is 0 Å². The van der Waals surface area contributed by atoms with Crippen molar-refractivity contribution in [3.05, 3.63) is 35.9 Å². The van der Waals surface area contributed by atoms with Gasteiger partial charge in [0.05, 0.1) is 5.92 Å². The fourth-order valence-corrected chi connectivity index (χ4v) is 3.04. The molecule has 0 spiro atoms. The second-order valence-electron chi connectivity index (χ2n) is 6.63. The molecule has 5 heteroatoms. The van der Waals surface area contributed by atoms with Crippen molar-refractivity contribution in [3.8, 4) is 0 Å². The third-order valence-electron chi connectivity index (χ3n) is 4.36. The highest BCUT2D eigenvalue weighted by Gasteiger charge is 2.30. The number of carboxylic acid groups (broad SMARTS) is 1. The normalized spacial score (nSPS) is 20.2. The number of carboxylic acids is 1. The van der Waals surface area contributed by atoms with Crippen molar-refractivity contribution in [1.29, 1.82) is 0 Å². The summed E-state index contributed by atoms with van der Waals surface area (Å²) in [4.78, 5) is 25.9. The van der Waals surface area contributed by atoms with Gasteiger partial charge >= 0.3 is 5.97 Å².